The van der Waals surface area contributed by atoms with E-state index in [0.29, 0.717) is 0 Å². The molecule has 0 aliphatic carbocycles. The third-order valence-corrected chi connectivity index (χ3v) is 7.04. The van der Waals surface area contributed by atoms with Gasteiger partial charge in [-0.1, -0.05) is 23.5 Å². The predicted octanol–water partition coefficient (Wildman–Crippen LogP) is 4.23. The van der Waals surface area contributed by atoms with Crippen molar-refractivity contribution >= 4 is 39.8 Å². The van der Waals surface area contributed by atoms with Crippen LogP contribution in [-0.4, -0.2) is 24.0 Å². The number of para-hydroxylation sites is 1. The van der Waals surface area contributed by atoms with E-state index in [4.69, 9.17) is 4.98 Å². The van der Waals surface area contributed by atoms with Crippen LogP contribution in [0.4, 0.5) is 10.8 Å². The molecule has 0 bridgehead atoms. The average molecular weight is 345 g/mol. The van der Waals surface area contributed by atoms with Crippen LogP contribution in [0.1, 0.15) is 35.1 Å². The summed E-state index contributed by atoms with van der Waals surface area (Å²) in [6, 6.07) is 7.98. The number of rotatable bonds is 2. The quantitative estimate of drug-likeness (QED) is 0.885. The van der Waals surface area contributed by atoms with Crippen molar-refractivity contribution in [2.75, 3.05) is 23.3 Å². The number of thiazole rings is 1. The third-order valence-electron chi connectivity index (χ3n) is 4.31. The summed E-state index contributed by atoms with van der Waals surface area (Å²) in [5.41, 5.74) is 1.90. The molecule has 120 valence electrons. The highest BCUT2D eigenvalue weighted by Gasteiger charge is 2.32. The van der Waals surface area contributed by atoms with Gasteiger partial charge in [0.25, 0.3) is 0 Å². The first kappa shape index (κ1) is 15.0. The van der Waals surface area contributed by atoms with Crippen molar-refractivity contribution in [1.29, 1.82) is 0 Å². The fourth-order valence-electron chi connectivity index (χ4n) is 3.08. The minimum absolute atomic E-state index is 0.0608. The van der Waals surface area contributed by atoms with Gasteiger partial charge >= 0.3 is 0 Å². The number of hydrogen-bond donors (Lipinski definition) is 1. The molecule has 0 unspecified atom stereocenters. The number of piperidine rings is 1. The number of thioether (sulfide) groups is 1. The van der Waals surface area contributed by atoms with E-state index < -0.39 is 0 Å². The molecule has 4 nitrogen and oxygen atoms in total. The number of aromatic nitrogens is 1. The van der Waals surface area contributed by atoms with E-state index in [1.807, 2.05) is 25.1 Å². The monoisotopic (exact) mass is 345 g/mol. The van der Waals surface area contributed by atoms with Gasteiger partial charge in [-0.15, -0.1) is 11.8 Å². The second kappa shape index (κ2) is 6.17. The van der Waals surface area contributed by atoms with Crippen LogP contribution < -0.4 is 10.2 Å². The van der Waals surface area contributed by atoms with Gasteiger partial charge < -0.3 is 10.2 Å². The molecular formula is C17H19N3OS2. The van der Waals surface area contributed by atoms with Crippen LogP contribution in [0.5, 0.6) is 0 Å². The van der Waals surface area contributed by atoms with E-state index in [0.717, 1.165) is 39.4 Å². The summed E-state index contributed by atoms with van der Waals surface area (Å²) in [6.07, 6.45) is 3.78. The molecule has 1 aromatic carbocycles. The van der Waals surface area contributed by atoms with E-state index in [2.05, 4.69) is 16.3 Å². The lowest BCUT2D eigenvalue weighted by molar-refractivity contribution is -0.115. The molecule has 2 aliphatic rings. The van der Waals surface area contributed by atoms with E-state index >= 15 is 0 Å². The number of benzene rings is 1. The van der Waals surface area contributed by atoms with Gasteiger partial charge in [-0.3, -0.25) is 4.79 Å². The van der Waals surface area contributed by atoms with E-state index in [9.17, 15) is 4.79 Å². The highest BCUT2D eigenvalue weighted by molar-refractivity contribution is 8.00. The summed E-state index contributed by atoms with van der Waals surface area (Å²) in [7, 11) is 0. The lowest BCUT2D eigenvalue weighted by atomic mass is 10.1. The van der Waals surface area contributed by atoms with Crippen molar-refractivity contribution in [3.05, 3.63) is 34.8 Å². The second-order valence-corrected chi connectivity index (χ2v) is 8.13. The number of nitrogens with one attached hydrogen (secondary N) is 1. The van der Waals surface area contributed by atoms with Crippen LogP contribution in [-0.2, 0) is 4.79 Å². The van der Waals surface area contributed by atoms with Gasteiger partial charge in [0.15, 0.2) is 5.13 Å². The minimum atomic E-state index is -0.194. The Morgan fingerprint density at radius 3 is 2.83 bits per heavy atom. The number of aryl methyl sites for hydroxylation is 1. The van der Waals surface area contributed by atoms with E-state index in [1.54, 1.807) is 23.1 Å². The second-order valence-electron chi connectivity index (χ2n) is 5.98. The zero-order valence-corrected chi connectivity index (χ0v) is 14.7. The Bertz CT molecular complexity index is 737. The lowest BCUT2D eigenvalue weighted by Gasteiger charge is -2.26. The molecule has 1 saturated heterocycles. The molecule has 1 aromatic heterocycles. The van der Waals surface area contributed by atoms with E-state index in [-0.39, 0.29) is 11.2 Å². The SMILES string of the molecule is Cc1nc(N2CCCCC2)sc1[C@@H]1Sc2ccccc2NC1=O. The normalized spacial score (nSPS) is 21.0. The molecule has 1 amide bonds. The first-order chi connectivity index (χ1) is 11.2. The molecule has 2 aromatic rings. The van der Waals surface area contributed by atoms with Crippen LogP contribution >= 0.6 is 23.1 Å². The summed E-state index contributed by atoms with van der Waals surface area (Å²) in [6.45, 7) is 4.19. The Kier molecular flexibility index (Phi) is 4.03. The number of carbonyl (C=O) groups is 1. The smallest absolute Gasteiger partial charge is 0.243 e. The average Bonchev–Trinajstić information content (AvgIpc) is 2.97. The standard InChI is InChI=1S/C17H19N3OS2/c1-11-14(23-17(18-11)20-9-5-2-6-10-20)15-16(21)19-12-7-3-4-8-13(12)22-15/h3-4,7-8,15H,2,5-6,9-10H2,1H3,(H,19,21)/t15-/m0/s1. The van der Waals surface area contributed by atoms with Crippen molar-refractivity contribution in [2.24, 2.45) is 0 Å². The lowest BCUT2D eigenvalue weighted by Crippen LogP contribution is -2.29. The summed E-state index contributed by atoms with van der Waals surface area (Å²) < 4.78 is 0. The van der Waals surface area contributed by atoms with Crippen molar-refractivity contribution in [3.8, 4) is 0 Å². The summed E-state index contributed by atoms with van der Waals surface area (Å²) in [5, 5.41) is 3.91. The minimum Gasteiger partial charge on any atom is -0.348 e. The molecule has 0 radical (unpaired) electrons. The topological polar surface area (TPSA) is 45.2 Å². The Morgan fingerprint density at radius 2 is 2.00 bits per heavy atom. The van der Waals surface area contributed by atoms with E-state index in [1.165, 1.54) is 19.3 Å². The molecule has 6 heteroatoms. The van der Waals surface area contributed by atoms with Crippen molar-refractivity contribution in [3.63, 3.8) is 0 Å². The largest absolute Gasteiger partial charge is 0.348 e. The fraction of sp³-hybridized carbons (Fsp3) is 0.412. The van der Waals surface area contributed by atoms with Gasteiger partial charge in [-0.25, -0.2) is 4.98 Å². The number of nitrogens with zero attached hydrogens (tertiary/aromatic N) is 2. The van der Waals surface area contributed by atoms with Gasteiger partial charge in [0, 0.05) is 18.0 Å². The molecule has 1 N–H and O–H groups in total. The number of hydrogen-bond acceptors (Lipinski definition) is 5. The van der Waals surface area contributed by atoms with Crippen LogP contribution in [0.2, 0.25) is 0 Å². The Morgan fingerprint density at radius 1 is 1.22 bits per heavy atom. The summed E-state index contributed by atoms with van der Waals surface area (Å²) >= 11 is 3.32. The number of amides is 1. The van der Waals surface area contributed by atoms with Crippen LogP contribution in [0.3, 0.4) is 0 Å². The Balaban J connectivity index is 1.63. The number of fused-ring (bicyclic) bond motifs is 1. The molecule has 0 spiro atoms. The van der Waals surface area contributed by atoms with Crippen LogP contribution in [0.15, 0.2) is 29.2 Å². The molecule has 1 fully saturated rings. The molecular weight excluding hydrogens is 326 g/mol. The number of anilines is 2. The van der Waals surface area contributed by atoms with Crippen LogP contribution in [0, 0.1) is 6.92 Å². The molecule has 1 atom stereocenters. The van der Waals surface area contributed by atoms with Gasteiger partial charge in [-0.05, 0) is 38.3 Å². The van der Waals surface area contributed by atoms with Gasteiger partial charge in [0.2, 0.25) is 5.91 Å². The van der Waals surface area contributed by atoms with Crippen molar-refractivity contribution < 1.29 is 4.79 Å². The maximum atomic E-state index is 12.5. The maximum Gasteiger partial charge on any atom is 0.243 e. The van der Waals surface area contributed by atoms with Gasteiger partial charge in [0.1, 0.15) is 5.25 Å². The molecule has 23 heavy (non-hydrogen) atoms. The fourth-order valence-corrected chi connectivity index (χ4v) is 5.57. The summed E-state index contributed by atoms with van der Waals surface area (Å²) in [4.78, 5) is 21.9. The first-order valence-corrected chi connectivity index (χ1v) is 9.71. The zero-order chi connectivity index (χ0) is 15.8. The molecule has 2 aliphatic heterocycles. The third kappa shape index (κ3) is 2.85. The predicted molar refractivity (Wildman–Crippen MR) is 96.6 cm³/mol. The molecule has 4 rings (SSSR count). The highest BCUT2D eigenvalue weighted by atomic mass is 32.2. The van der Waals surface area contributed by atoms with Crippen molar-refractivity contribution in [2.45, 2.75) is 36.3 Å². The van der Waals surface area contributed by atoms with Crippen molar-refractivity contribution in [1.82, 2.24) is 4.98 Å². The number of carbonyl (C=O) groups excluding carboxylic acids is 1. The summed E-state index contributed by atoms with van der Waals surface area (Å²) in [5.74, 6) is 0.0608. The first-order valence-electron chi connectivity index (χ1n) is 8.01. The zero-order valence-electron chi connectivity index (χ0n) is 13.0. The Hall–Kier alpha value is -1.53. The molecule has 3 heterocycles. The highest BCUT2D eigenvalue weighted by Crippen LogP contribution is 2.47. The maximum absolute atomic E-state index is 12.5. The van der Waals surface area contributed by atoms with Gasteiger partial charge in [0.05, 0.1) is 16.3 Å². The molecule has 0 saturated carbocycles. The Labute approximate surface area is 144 Å². The van der Waals surface area contributed by atoms with Gasteiger partial charge in [-0.2, -0.15) is 0 Å². The van der Waals surface area contributed by atoms with Crippen LogP contribution in [0.25, 0.3) is 0 Å².